The summed E-state index contributed by atoms with van der Waals surface area (Å²) in [6.07, 6.45) is 0.829. The van der Waals surface area contributed by atoms with Gasteiger partial charge in [0.1, 0.15) is 4.21 Å². The fraction of sp³-hybridized carbons (Fsp3) is 0.353. The zero-order chi connectivity index (χ0) is 16.9. The first-order chi connectivity index (χ1) is 11.5. The van der Waals surface area contributed by atoms with E-state index in [1.54, 1.807) is 12.1 Å². The van der Waals surface area contributed by atoms with E-state index in [1.807, 2.05) is 30.0 Å². The van der Waals surface area contributed by atoms with Crippen LogP contribution in [0.25, 0.3) is 0 Å². The molecule has 1 saturated heterocycles. The van der Waals surface area contributed by atoms with E-state index in [1.165, 1.54) is 21.2 Å². The van der Waals surface area contributed by atoms with Crippen LogP contribution in [0, 0.1) is 6.92 Å². The van der Waals surface area contributed by atoms with Crippen molar-refractivity contribution in [2.24, 2.45) is 0 Å². The van der Waals surface area contributed by atoms with Crippen molar-refractivity contribution in [1.82, 2.24) is 9.21 Å². The second-order valence-corrected chi connectivity index (χ2v) is 9.67. The smallest absolute Gasteiger partial charge is 0.253 e. The maximum Gasteiger partial charge on any atom is 0.253 e. The highest BCUT2D eigenvalue weighted by Gasteiger charge is 2.41. The first kappa shape index (κ1) is 15.8. The molecule has 1 aromatic carbocycles. The quantitative estimate of drug-likeness (QED) is 0.823. The summed E-state index contributed by atoms with van der Waals surface area (Å²) in [5.74, 6) is -0.113. The molecule has 5 nitrogen and oxygen atoms in total. The number of amides is 1. The number of rotatable bonds is 2. The number of hydrogen-bond acceptors (Lipinski definition) is 4. The van der Waals surface area contributed by atoms with Gasteiger partial charge in [0, 0.05) is 18.0 Å². The molecule has 2 aliphatic heterocycles. The highest BCUT2D eigenvalue weighted by Crippen LogP contribution is 2.35. The van der Waals surface area contributed by atoms with Crippen molar-refractivity contribution in [3.63, 3.8) is 0 Å². The Morgan fingerprint density at radius 3 is 2.71 bits per heavy atom. The van der Waals surface area contributed by atoms with Gasteiger partial charge in [-0.15, -0.1) is 11.3 Å². The van der Waals surface area contributed by atoms with Crippen molar-refractivity contribution in [2.45, 2.75) is 23.6 Å². The van der Waals surface area contributed by atoms with Gasteiger partial charge in [-0.1, -0.05) is 24.3 Å². The monoisotopic (exact) mass is 362 g/mol. The van der Waals surface area contributed by atoms with Gasteiger partial charge in [-0.3, -0.25) is 4.79 Å². The lowest BCUT2D eigenvalue weighted by molar-refractivity contribution is -0.138. The largest absolute Gasteiger partial charge is 0.333 e. The van der Waals surface area contributed by atoms with E-state index in [9.17, 15) is 13.2 Å². The summed E-state index contributed by atoms with van der Waals surface area (Å²) in [4.78, 5) is 15.3. The summed E-state index contributed by atoms with van der Waals surface area (Å²) in [6, 6.07) is 11.2. The third-order valence-corrected chi connectivity index (χ3v) is 8.01. The average Bonchev–Trinajstić information content (AvgIpc) is 3.02. The SMILES string of the molecule is Cc1ccc(S(=O)(=O)N2CC(=O)N3CCc4ccccc4C3C2)s1. The molecule has 4 rings (SSSR count). The fourth-order valence-corrected chi connectivity index (χ4v) is 6.34. The summed E-state index contributed by atoms with van der Waals surface area (Å²) in [6.45, 7) is 2.79. The standard InChI is InChI=1S/C17H18N2O3S2/c1-12-6-7-17(23-12)24(21,22)18-10-15-14-5-3-2-4-13(14)8-9-19(15)16(20)11-18/h2-7,15H,8-11H2,1H3. The van der Waals surface area contributed by atoms with Crippen LogP contribution in [0.15, 0.2) is 40.6 Å². The molecule has 24 heavy (non-hydrogen) atoms. The molecule has 0 N–H and O–H groups in total. The number of aryl methyl sites for hydroxylation is 1. The minimum absolute atomic E-state index is 0.0715. The molecule has 0 spiro atoms. The minimum Gasteiger partial charge on any atom is -0.333 e. The molecule has 1 fully saturated rings. The lowest BCUT2D eigenvalue weighted by Gasteiger charge is -2.43. The average molecular weight is 362 g/mol. The van der Waals surface area contributed by atoms with Crippen LogP contribution in [0.2, 0.25) is 0 Å². The number of hydrogen-bond donors (Lipinski definition) is 0. The summed E-state index contributed by atoms with van der Waals surface area (Å²) >= 11 is 1.25. The second-order valence-electron chi connectivity index (χ2n) is 6.21. The predicted molar refractivity (Wildman–Crippen MR) is 92.4 cm³/mol. The van der Waals surface area contributed by atoms with E-state index >= 15 is 0 Å². The molecule has 2 aliphatic rings. The highest BCUT2D eigenvalue weighted by atomic mass is 32.2. The van der Waals surface area contributed by atoms with Crippen molar-refractivity contribution in [3.8, 4) is 0 Å². The number of carbonyl (C=O) groups excluding carboxylic acids is 1. The number of thiophene rings is 1. The maximum absolute atomic E-state index is 12.9. The maximum atomic E-state index is 12.9. The summed E-state index contributed by atoms with van der Waals surface area (Å²) in [5.41, 5.74) is 2.28. The van der Waals surface area contributed by atoms with Crippen LogP contribution in [-0.2, 0) is 21.2 Å². The predicted octanol–water partition coefficient (Wildman–Crippen LogP) is 2.19. The van der Waals surface area contributed by atoms with Crippen LogP contribution in [0.1, 0.15) is 22.0 Å². The van der Waals surface area contributed by atoms with Gasteiger partial charge in [-0.2, -0.15) is 4.31 Å². The van der Waals surface area contributed by atoms with Gasteiger partial charge in [0.05, 0.1) is 12.6 Å². The Kier molecular flexibility index (Phi) is 3.74. The number of sulfonamides is 1. The van der Waals surface area contributed by atoms with Crippen LogP contribution in [0.3, 0.4) is 0 Å². The number of carbonyl (C=O) groups is 1. The molecule has 1 atom stereocenters. The Morgan fingerprint density at radius 1 is 1.17 bits per heavy atom. The molecule has 0 aliphatic carbocycles. The number of piperazine rings is 1. The van der Waals surface area contributed by atoms with Gasteiger partial charge >= 0.3 is 0 Å². The van der Waals surface area contributed by atoms with Crippen LogP contribution in [-0.4, -0.2) is 43.2 Å². The number of nitrogens with zero attached hydrogens (tertiary/aromatic N) is 2. The Morgan fingerprint density at radius 2 is 1.96 bits per heavy atom. The molecule has 0 radical (unpaired) electrons. The van der Waals surface area contributed by atoms with Crippen LogP contribution < -0.4 is 0 Å². The first-order valence-corrected chi connectivity index (χ1v) is 10.2. The Bertz CT molecular complexity index is 904. The lowest BCUT2D eigenvalue weighted by Crippen LogP contribution is -2.55. The molecule has 0 saturated carbocycles. The summed E-state index contributed by atoms with van der Waals surface area (Å²) in [5, 5.41) is 0. The van der Waals surface area contributed by atoms with Gasteiger partial charge in [-0.05, 0) is 36.6 Å². The summed E-state index contributed by atoms with van der Waals surface area (Å²) in [7, 11) is -3.62. The Hall–Kier alpha value is -1.70. The van der Waals surface area contributed by atoms with Gasteiger partial charge in [0.25, 0.3) is 10.0 Å². The molecule has 1 aromatic heterocycles. The highest BCUT2D eigenvalue weighted by molar-refractivity contribution is 7.91. The molecule has 7 heteroatoms. The number of fused-ring (bicyclic) bond motifs is 3. The van der Waals surface area contributed by atoms with Gasteiger partial charge < -0.3 is 4.90 Å². The molecular formula is C17H18N2O3S2. The van der Waals surface area contributed by atoms with Crippen molar-refractivity contribution < 1.29 is 13.2 Å². The fourth-order valence-electron chi connectivity index (χ4n) is 3.51. The molecule has 0 bridgehead atoms. The number of benzene rings is 1. The van der Waals surface area contributed by atoms with Crippen LogP contribution >= 0.6 is 11.3 Å². The third kappa shape index (κ3) is 2.47. The normalized spacial score (nSPS) is 21.5. The molecule has 2 aromatic rings. The van der Waals surface area contributed by atoms with Gasteiger partial charge in [-0.25, -0.2) is 8.42 Å². The lowest BCUT2D eigenvalue weighted by atomic mass is 9.91. The van der Waals surface area contributed by atoms with Crippen molar-refractivity contribution in [2.75, 3.05) is 19.6 Å². The molecule has 1 amide bonds. The van der Waals surface area contributed by atoms with Crippen molar-refractivity contribution in [1.29, 1.82) is 0 Å². The Labute approximate surface area is 145 Å². The van der Waals surface area contributed by atoms with E-state index < -0.39 is 10.0 Å². The van der Waals surface area contributed by atoms with E-state index in [0.717, 1.165) is 16.9 Å². The minimum atomic E-state index is -3.62. The first-order valence-electron chi connectivity index (χ1n) is 7.90. The van der Waals surface area contributed by atoms with E-state index in [2.05, 4.69) is 6.07 Å². The second kappa shape index (κ2) is 5.68. The topological polar surface area (TPSA) is 57.7 Å². The van der Waals surface area contributed by atoms with Crippen LogP contribution in [0.5, 0.6) is 0 Å². The zero-order valence-corrected chi connectivity index (χ0v) is 14.9. The molecule has 126 valence electrons. The van der Waals surface area contributed by atoms with E-state index in [4.69, 9.17) is 0 Å². The molecule has 1 unspecified atom stereocenters. The van der Waals surface area contributed by atoms with Gasteiger partial charge in [0.15, 0.2) is 0 Å². The van der Waals surface area contributed by atoms with Crippen molar-refractivity contribution in [3.05, 3.63) is 52.4 Å². The third-order valence-electron chi connectivity index (χ3n) is 4.73. The van der Waals surface area contributed by atoms with E-state index in [0.29, 0.717) is 17.3 Å². The van der Waals surface area contributed by atoms with Crippen LogP contribution in [0.4, 0.5) is 0 Å². The molecule has 3 heterocycles. The Balaban J connectivity index is 1.71. The van der Waals surface area contributed by atoms with Gasteiger partial charge in [0.2, 0.25) is 5.91 Å². The zero-order valence-electron chi connectivity index (χ0n) is 13.3. The van der Waals surface area contributed by atoms with E-state index in [-0.39, 0.29) is 18.5 Å². The summed E-state index contributed by atoms with van der Waals surface area (Å²) < 4.78 is 27.4. The van der Waals surface area contributed by atoms with Crippen molar-refractivity contribution >= 4 is 27.3 Å². The molecular weight excluding hydrogens is 344 g/mol.